The Morgan fingerprint density at radius 1 is 1.15 bits per heavy atom. The fourth-order valence-electron chi connectivity index (χ4n) is 2.88. The molecule has 0 amide bonds. The van der Waals surface area contributed by atoms with E-state index in [1.54, 1.807) is 6.92 Å². The maximum atomic E-state index is 13.6. The Balaban J connectivity index is 2.43. The van der Waals surface area contributed by atoms with E-state index < -0.39 is 28.6 Å². The maximum absolute atomic E-state index is 13.6. The number of phenols is 3. The molecule has 0 bridgehead atoms. The number of hydrogen-bond acceptors (Lipinski definition) is 5. The van der Waals surface area contributed by atoms with Crippen molar-refractivity contribution in [1.29, 1.82) is 0 Å². The van der Waals surface area contributed by atoms with Crippen LogP contribution in [0.1, 0.15) is 25.2 Å². The average Bonchev–Trinajstić information content (AvgIpc) is 2.55. The molecule has 136 valence electrons. The lowest BCUT2D eigenvalue weighted by atomic mass is 10.1. The lowest BCUT2D eigenvalue weighted by molar-refractivity contribution is 0.371. The number of aromatic nitrogens is 2. The van der Waals surface area contributed by atoms with Gasteiger partial charge >= 0.3 is 0 Å². The summed E-state index contributed by atoms with van der Waals surface area (Å²) in [6.07, 6.45) is 0.448. The van der Waals surface area contributed by atoms with Crippen LogP contribution in [0.5, 0.6) is 17.2 Å². The third kappa shape index (κ3) is 2.85. The maximum Gasteiger partial charge on any atom is 0.269 e. The first-order valence-corrected chi connectivity index (χ1v) is 8.16. The molecule has 3 N–H and O–H groups in total. The van der Waals surface area contributed by atoms with Crippen LogP contribution in [-0.2, 0) is 6.42 Å². The Morgan fingerprint density at radius 2 is 1.85 bits per heavy atom. The predicted molar refractivity (Wildman–Crippen MR) is 95.6 cm³/mol. The molecule has 6 nitrogen and oxygen atoms in total. The fraction of sp³-hybridized carbons (Fsp3) is 0.263. The number of hydrogen-bond donors (Lipinski definition) is 3. The SMILES string of the molecule is Cc1cc(-n2c(CC(C)C)nc3cc(O)c(O)c(O)c3c2=O)ccc1F. The van der Waals surface area contributed by atoms with Gasteiger partial charge in [-0.15, -0.1) is 0 Å². The topological polar surface area (TPSA) is 95.6 Å². The molecule has 2 aromatic carbocycles. The van der Waals surface area contributed by atoms with Crippen LogP contribution in [0.3, 0.4) is 0 Å². The third-order valence-corrected chi connectivity index (χ3v) is 4.15. The monoisotopic (exact) mass is 358 g/mol. The van der Waals surface area contributed by atoms with Crippen LogP contribution in [0.15, 0.2) is 29.1 Å². The molecule has 0 saturated carbocycles. The Kier molecular flexibility index (Phi) is 4.31. The zero-order valence-corrected chi connectivity index (χ0v) is 14.6. The van der Waals surface area contributed by atoms with E-state index in [4.69, 9.17) is 0 Å². The van der Waals surface area contributed by atoms with E-state index in [1.807, 2.05) is 13.8 Å². The molecule has 0 aliphatic heterocycles. The first kappa shape index (κ1) is 17.7. The van der Waals surface area contributed by atoms with Gasteiger partial charge in [0.2, 0.25) is 5.75 Å². The van der Waals surface area contributed by atoms with E-state index in [2.05, 4.69) is 4.98 Å². The standard InChI is InChI=1S/C19H19FN2O4/c1-9(2)6-15-21-13-8-14(23)17(24)18(25)16(13)19(26)22(15)11-4-5-12(20)10(3)7-11/h4-5,7-9,23-25H,6H2,1-3H3. The number of aryl methyl sites for hydroxylation is 1. The molecule has 0 saturated heterocycles. The van der Waals surface area contributed by atoms with E-state index in [9.17, 15) is 24.5 Å². The highest BCUT2D eigenvalue weighted by Crippen LogP contribution is 2.39. The predicted octanol–water partition coefficient (Wildman–Crippen LogP) is 3.15. The van der Waals surface area contributed by atoms with Crippen molar-refractivity contribution in [2.24, 2.45) is 5.92 Å². The first-order chi connectivity index (χ1) is 12.2. The second-order valence-corrected chi connectivity index (χ2v) is 6.69. The van der Waals surface area contributed by atoms with Crippen molar-refractivity contribution in [3.63, 3.8) is 0 Å². The van der Waals surface area contributed by atoms with Gasteiger partial charge in [0, 0.05) is 12.5 Å². The number of rotatable bonds is 3. The number of phenolic OH excluding ortho intramolecular Hbond substituents is 3. The summed E-state index contributed by atoms with van der Waals surface area (Å²) >= 11 is 0. The highest BCUT2D eigenvalue weighted by Gasteiger charge is 2.21. The molecule has 7 heteroatoms. The highest BCUT2D eigenvalue weighted by atomic mass is 19.1. The molecule has 26 heavy (non-hydrogen) atoms. The Bertz CT molecular complexity index is 1070. The van der Waals surface area contributed by atoms with Crippen LogP contribution in [0.4, 0.5) is 4.39 Å². The lowest BCUT2D eigenvalue weighted by Crippen LogP contribution is -2.25. The van der Waals surface area contributed by atoms with Crippen LogP contribution in [0, 0.1) is 18.7 Å². The summed E-state index contributed by atoms with van der Waals surface area (Å²) < 4.78 is 14.9. The number of aromatic hydroxyl groups is 3. The van der Waals surface area contributed by atoms with Crippen molar-refractivity contribution in [3.05, 3.63) is 51.8 Å². The molecule has 1 heterocycles. The number of nitrogens with zero attached hydrogens (tertiary/aromatic N) is 2. The lowest BCUT2D eigenvalue weighted by Gasteiger charge is -2.16. The third-order valence-electron chi connectivity index (χ3n) is 4.15. The largest absolute Gasteiger partial charge is 0.504 e. The molecule has 0 aliphatic rings. The zero-order valence-electron chi connectivity index (χ0n) is 14.6. The molecule has 3 aromatic rings. The van der Waals surface area contributed by atoms with Gasteiger partial charge in [0.1, 0.15) is 17.0 Å². The Morgan fingerprint density at radius 3 is 2.46 bits per heavy atom. The van der Waals surface area contributed by atoms with Gasteiger partial charge in [0.25, 0.3) is 5.56 Å². The van der Waals surface area contributed by atoms with Crippen LogP contribution in [-0.4, -0.2) is 24.9 Å². The summed E-state index contributed by atoms with van der Waals surface area (Å²) in [5.41, 5.74) is 0.242. The quantitative estimate of drug-likeness (QED) is 0.625. The minimum absolute atomic E-state index is 0.0773. The zero-order chi connectivity index (χ0) is 19.2. The normalized spacial score (nSPS) is 11.4. The van der Waals surface area contributed by atoms with Crippen LogP contribution < -0.4 is 5.56 Å². The van der Waals surface area contributed by atoms with Gasteiger partial charge in [-0.3, -0.25) is 9.36 Å². The van der Waals surface area contributed by atoms with Crippen molar-refractivity contribution >= 4 is 10.9 Å². The average molecular weight is 358 g/mol. The van der Waals surface area contributed by atoms with Crippen LogP contribution in [0.2, 0.25) is 0 Å². The van der Waals surface area contributed by atoms with Crippen molar-refractivity contribution < 1.29 is 19.7 Å². The molecule has 1 aromatic heterocycles. The van der Waals surface area contributed by atoms with E-state index in [0.717, 1.165) is 6.07 Å². The minimum atomic E-state index is -0.783. The Hall–Kier alpha value is -3.09. The van der Waals surface area contributed by atoms with Gasteiger partial charge < -0.3 is 15.3 Å². The van der Waals surface area contributed by atoms with Gasteiger partial charge in [0.15, 0.2) is 11.5 Å². The van der Waals surface area contributed by atoms with E-state index in [0.29, 0.717) is 23.5 Å². The highest BCUT2D eigenvalue weighted by molar-refractivity contribution is 5.89. The summed E-state index contributed by atoms with van der Waals surface area (Å²) in [6, 6.07) is 5.37. The van der Waals surface area contributed by atoms with Gasteiger partial charge in [-0.25, -0.2) is 9.37 Å². The Labute approximate surface area is 148 Å². The van der Waals surface area contributed by atoms with Crippen molar-refractivity contribution in [2.45, 2.75) is 27.2 Å². The molecule has 3 rings (SSSR count). The number of fused-ring (bicyclic) bond motifs is 1. The molecular weight excluding hydrogens is 339 g/mol. The van der Waals surface area contributed by atoms with Gasteiger partial charge in [-0.1, -0.05) is 13.8 Å². The molecule has 0 atom stereocenters. The van der Waals surface area contributed by atoms with Crippen LogP contribution in [0.25, 0.3) is 16.6 Å². The summed E-state index contributed by atoms with van der Waals surface area (Å²) in [5, 5.41) is 29.4. The molecular formula is C19H19FN2O4. The molecule has 0 aliphatic carbocycles. The molecule has 0 fully saturated rings. The number of benzene rings is 2. The van der Waals surface area contributed by atoms with Crippen molar-refractivity contribution in [2.75, 3.05) is 0 Å². The van der Waals surface area contributed by atoms with Gasteiger partial charge in [-0.2, -0.15) is 0 Å². The second kappa shape index (κ2) is 6.33. The summed E-state index contributed by atoms with van der Waals surface area (Å²) in [4.78, 5) is 17.5. The first-order valence-electron chi connectivity index (χ1n) is 8.16. The molecule has 0 radical (unpaired) electrons. The van der Waals surface area contributed by atoms with Crippen molar-refractivity contribution in [1.82, 2.24) is 9.55 Å². The summed E-state index contributed by atoms with van der Waals surface area (Å²) in [6.45, 7) is 5.51. The summed E-state index contributed by atoms with van der Waals surface area (Å²) in [7, 11) is 0. The van der Waals surface area contributed by atoms with Crippen LogP contribution >= 0.6 is 0 Å². The number of halogens is 1. The summed E-state index contributed by atoms with van der Waals surface area (Å²) in [5.74, 6) is -1.89. The fourth-order valence-corrected chi connectivity index (χ4v) is 2.88. The molecule has 0 spiro atoms. The van der Waals surface area contributed by atoms with Gasteiger partial charge in [0.05, 0.1) is 11.2 Å². The molecule has 0 unspecified atom stereocenters. The van der Waals surface area contributed by atoms with E-state index in [-0.39, 0.29) is 16.8 Å². The van der Waals surface area contributed by atoms with Crippen molar-refractivity contribution in [3.8, 4) is 22.9 Å². The van der Waals surface area contributed by atoms with Gasteiger partial charge in [-0.05, 0) is 36.6 Å². The van der Waals surface area contributed by atoms with E-state index in [1.165, 1.54) is 22.8 Å². The second-order valence-electron chi connectivity index (χ2n) is 6.69. The van der Waals surface area contributed by atoms with E-state index >= 15 is 0 Å². The minimum Gasteiger partial charge on any atom is -0.504 e. The smallest absolute Gasteiger partial charge is 0.269 e.